The SMILES string of the molecule is CCCC1=C(CCC)C[B-]2(C1)OC(C)(C)C(C)(C)O2. The van der Waals surface area contributed by atoms with Gasteiger partial charge < -0.3 is 9.31 Å². The summed E-state index contributed by atoms with van der Waals surface area (Å²) in [5, 5.41) is 0. The highest BCUT2D eigenvalue weighted by Crippen LogP contribution is 2.51. The molecule has 1 spiro atoms. The molecule has 0 atom stereocenters. The maximum Gasteiger partial charge on any atom is 0.249 e. The first-order valence-electron chi connectivity index (χ1n) is 8.02. The molecule has 0 radical (unpaired) electrons. The maximum absolute atomic E-state index is 6.46. The summed E-state index contributed by atoms with van der Waals surface area (Å²) in [5.41, 5.74) is 2.87. The van der Waals surface area contributed by atoms with E-state index in [-0.39, 0.29) is 11.2 Å². The molecule has 2 nitrogen and oxygen atoms in total. The summed E-state index contributed by atoms with van der Waals surface area (Å²) in [6, 6.07) is 0. The van der Waals surface area contributed by atoms with E-state index in [1.165, 1.54) is 25.7 Å². The summed E-state index contributed by atoms with van der Waals surface area (Å²) in [7, 11) is 0. The molecular weight excluding hydrogens is 235 g/mol. The highest BCUT2D eigenvalue weighted by molar-refractivity contribution is 6.70. The van der Waals surface area contributed by atoms with E-state index in [9.17, 15) is 0 Å². The van der Waals surface area contributed by atoms with Gasteiger partial charge in [-0.3, -0.25) is 0 Å². The van der Waals surface area contributed by atoms with Gasteiger partial charge in [0, 0.05) is 11.2 Å². The lowest BCUT2D eigenvalue weighted by Crippen LogP contribution is -2.41. The van der Waals surface area contributed by atoms with Crippen LogP contribution in [0.15, 0.2) is 11.1 Å². The van der Waals surface area contributed by atoms with Crippen molar-refractivity contribution in [3.8, 4) is 0 Å². The number of hydrogen-bond donors (Lipinski definition) is 0. The van der Waals surface area contributed by atoms with Crippen molar-refractivity contribution >= 4 is 6.55 Å². The molecule has 2 aliphatic heterocycles. The topological polar surface area (TPSA) is 18.5 Å². The van der Waals surface area contributed by atoms with Gasteiger partial charge in [0.15, 0.2) is 0 Å². The van der Waals surface area contributed by atoms with E-state index in [0.29, 0.717) is 0 Å². The van der Waals surface area contributed by atoms with E-state index < -0.39 is 6.55 Å². The minimum absolute atomic E-state index is 0.189. The monoisotopic (exact) mass is 265 g/mol. The zero-order chi connectivity index (χ0) is 14.3. The van der Waals surface area contributed by atoms with Gasteiger partial charge in [-0.2, -0.15) is 0 Å². The van der Waals surface area contributed by atoms with Crippen molar-refractivity contribution in [1.82, 2.24) is 0 Å². The summed E-state index contributed by atoms with van der Waals surface area (Å²) in [6.07, 6.45) is 6.95. The van der Waals surface area contributed by atoms with Gasteiger partial charge in [-0.1, -0.05) is 26.7 Å². The summed E-state index contributed by atoms with van der Waals surface area (Å²) >= 11 is 0. The highest BCUT2D eigenvalue weighted by atomic mass is 16.7. The Balaban J connectivity index is 2.19. The molecule has 0 N–H and O–H groups in total. The molecule has 2 rings (SSSR count). The molecule has 0 aromatic rings. The average molecular weight is 265 g/mol. The van der Waals surface area contributed by atoms with Gasteiger partial charge in [-0.25, -0.2) is 0 Å². The largest absolute Gasteiger partial charge is 0.561 e. The average Bonchev–Trinajstić information content (AvgIpc) is 2.63. The summed E-state index contributed by atoms with van der Waals surface area (Å²) in [4.78, 5) is 0. The highest BCUT2D eigenvalue weighted by Gasteiger charge is 2.53. The van der Waals surface area contributed by atoms with Gasteiger partial charge in [0.05, 0.1) is 0 Å². The third-order valence-electron chi connectivity index (χ3n) is 5.19. The lowest BCUT2D eigenvalue weighted by atomic mass is 9.53. The van der Waals surface area contributed by atoms with Crippen LogP contribution in [0.1, 0.15) is 67.2 Å². The van der Waals surface area contributed by atoms with Crippen molar-refractivity contribution < 1.29 is 9.31 Å². The molecule has 0 unspecified atom stereocenters. The Hall–Kier alpha value is -0.275. The van der Waals surface area contributed by atoms with Crippen molar-refractivity contribution in [2.75, 3.05) is 0 Å². The molecule has 1 fully saturated rings. The van der Waals surface area contributed by atoms with E-state index in [1.807, 2.05) is 0 Å². The first-order valence-corrected chi connectivity index (χ1v) is 8.02. The van der Waals surface area contributed by atoms with Crippen LogP contribution in [0.2, 0.25) is 12.6 Å². The first-order chi connectivity index (χ1) is 8.75. The third kappa shape index (κ3) is 2.64. The van der Waals surface area contributed by atoms with E-state index >= 15 is 0 Å². The molecule has 1 saturated heterocycles. The maximum atomic E-state index is 6.46. The molecule has 110 valence electrons. The molecule has 0 aromatic carbocycles. The molecule has 19 heavy (non-hydrogen) atoms. The molecule has 0 amide bonds. The van der Waals surface area contributed by atoms with Gasteiger partial charge in [-0.05, 0) is 40.5 Å². The fourth-order valence-corrected chi connectivity index (χ4v) is 3.82. The molecule has 2 heterocycles. The lowest BCUT2D eigenvalue weighted by molar-refractivity contribution is 0.00578. The van der Waals surface area contributed by atoms with E-state index in [1.54, 1.807) is 11.1 Å². The van der Waals surface area contributed by atoms with Gasteiger partial charge in [0.1, 0.15) is 0 Å². The van der Waals surface area contributed by atoms with Gasteiger partial charge in [0.25, 0.3) is 0 Å². The summed E-state index contributed by atoms with van der Waals surface area (Å²) in [5.74, 6) is 0. The minimum Gasteiger partial charge on any atom is -0.561 e. The van der Waals surface area contributed by atoms with Crippen LogP contribution in [0.5, 0.6) is 0 Å². The van der Waals surface area contributed by atoms with Crippen molar-refractivity contribution in [3.63, 3.8) is 0 Å². The number of rotatable bonds is 4. The second kappa shape index (κ2) is 4.93. The van der Waals surface area contributed by atoms with Crippen LogP contribution in [0.4, 0.5) is 0 Å². The standard InChI is InChI=1S/C16H30BO2/c1-7-9-13-11-17(12-14(13)10-8-2)18-15(3,4)16(5,6)19-17/h7-12H2,1-6H3/q-1. The second-order valence-corrected chi connectivity index (χ2v) is 7.42. The van der Waals surface area contributed by atoms with E-state index in [2.05, 4.69) is 41.5 Å². The molecule has 0 aliphatic carbocycles. The number of allylic oxidation sites excluding steroid dienone is 2. The van der Waals surface area contributed by atoms with Crippen LogP contribution in [0, 0.1) is 0 Å². The molecule has 2 aliphatic rings. The molecule has 3 heteroatoms. The zero-order valence-electron chi connectivity index (χ0n) is 13.6. The Kier molecular flexibility index (Phi) is 3.92. The van der Waals surface area contributed by atoms with Crippen LogP contribution < -0.4 is 0 Å². The zero-order valence-corrected chi connectivity index (χ0v) is 13.6. The van der Waals surface area contributed by atoms with Gasteiger partial charge in [-0.15, -0.1) is 23.8 Å². The van der Waals surface area contributed by atoms with Crippen LogP contribution in [-0.2, 0) is 9.31 Å². The Labute approximate surface area is 118 Å². The van der Waals surface area contributed by atoms with Crippen LogP contribution in [-0.4, -0.2) is 17.8 Å². The quantitative estimate of drug-likeness (QED) is 0.529. The van der Waals surface area contributed by atoms with Gasteiger partial charge in [0.2, 0.25) is 6.55 Å². The third-order valence-corrected chi connectivity index (χ3v) is 5.19. The van der Waals surface area contributed by atoms with E-state index in [0.717, 1.165) is 12.6 Å². The fourth-order valence-electron chi connectivity index (χ4n) is 3.82. The Bertz CT molecular complexity index is 346. The smallest absolute Gasteiger partial charge is 0.249 e. The molecule has 0 bridgehead atoms. The van der Waals surface area contributed by atoms with Gasteiger partial charge >= 0.3 is 0 Å². The Morgan fingerprint density at radius 1 is 0.842 bits per heavy atom. The van der Waals surface area contributed by atoms with E-state index in [4.69, 9.17) is 9.31 Å². The van der Waals surface area contributed by atoms with Crippen molar-refractivity contribution in [2.45, 2.75) is 91.1 Å². The Morgan fingerprint density at radius 3 is 1.53 bits per heavy atom. The summed E-state index contributed by atoms with van der Waals surface area (Å²) < 4.78 is 12.9. The predicted molar refractivity (Wildman–Crippen MR) is 82.5 cm³/mol. The second-order valence-electron chi connectivity index (χ2n) is 7.42. The molecule has 0 aromatic heterocycles. The normalized spacial score (nSPS) is 27.5. The molecular formula is C16H30BO2-. The van der Waals surface area contributed by atoms with Crippen molar-refractivity contribution in [2.24, 2.45) is 0 Å². The van der Waals surface area contributed by atoms with Crippen molar-refractivity contribution in [1.29, 1.82) is 0 Å². The van der Waals surface area contributed by atoms with Crippen LogP contribution in [0.3, 0.4) is 0 Å². The Morgan fingerprint density at radius 2 is 1.21 bits per heavy atom. The van der Waals surface area contributed by atoms with Crippen molar-refractivity contribution in [3.05, 3.63) is 11.1 Å². The number of hydrogen-bond acceptors (Lipinski definition) is 2. The fraction of sp³-hybridized carbons (Fsp3) is 0.875. The van der Waals surface area contributed by atoms with Crippen LogP contribution >= 0.6 is 0 Å². The molecule has 0 saturated carbocycles. The first kappa shape index (κ1) is 15.1. The van der Waals surface area contributed by atoms with Crippen LogP contribution in [0.25, 0.3) is 0 Å². The summed E-state index contributed by atoms with van der Waals surface area (Å²) in [6.45, 7) is 12.1. The predicted octanol–water partition coefficient (Wildman–Crippen LogP) is 4.94. The minimum atomic E-state index is -1.11. The lowest BCUT2D eigenvalue weighted by Gasteiger charge is -2.37.